The number of hydrogen-bond acceptors (Lipinski definition) is 12. The summed E-state index contributed by atoms with van der Waals surface area (Å²) in [6.07, 6.45) is 7.24. The Morgan fingerprint density at radius 2 is 1.27 bits per heavy atom. The van der Waals surface area contributed by atoms with Crippen LogP contribution in [-0.2, 0) is 22.4 Å². The molecule has 1 aliphatic rings. The second kappa shape index (κ2) is 12.9. The number of hydrogen-bond donors (Lipinski definition) is 2. The van der Waals surface area contributed by atoms with E-state index in [4.69, 9.17) is 9.47 Å². The number of carbonyl (C=O) groups is 2. The van der Waals surface area contributed by atoms with Crippen LogP contribution in [0.5, 0.6) is 11.5 Å². The standard InChI is InChI=1S/C26H28N8O4S2/c1-37-19-8-4-10-27-17(19)13-21(35)29-25-33-31-23(39-25)15-6-3-7-16(12-15)24-32-34-26(40-24)30-22(36)14-18-20(38-2)9-5-11-28-18/h4-5,8-11,15-16H,3,6-7,12-14H2,1-2H3,(H,29,33,35)(H,30,34,36). The number of ether oxygens (including phenoxy) is 2. The Kier molecular flexibility index (Phi) is 8.86. The summed E-state index contributed by atoms with van der Waals surface area (Å²) in [5, 5.41) is 25.5. The highest BCUT2D eigenvalue weighted by Gasteiger charge is 2.29. The van der Waals surface area contributed by atoms with E-state index < -0.39 is 0 Å². The second-order valence-electron chi connectivity index (χ2n) is 9.21. The summed E-state index contributed by atoms with van der Waals surface area (Å²) in [4.78, 5) is 33.6. The number of amides is 2. The molecular weight excluding hydrogens is 552 g/mol. The molecule has 12 nitrogen and oxygen atoms in total. The Bertz CT molecular complexity index is 1370. The van der Waals surface area contributed by atoms with Crippen LogP contribution < -0.4 is 20.1 Å². The van der Waals surface area contributed by atoms with Gasteiger partial charge in [-0.3, -0.25) is 19.6 Å². The van der Waals surface area contributed by atoms with Gasteiger partial charge in [-0.05, 0) is 43.5 Å². The third-order valence-corrected chi connectivity index (χ3v) is 8.54. The number of methoxy groups -OCH3 is 2. The summed E-state index contributed by atoms with van der Waals surface area (Å²) in [7, 11) is 3.10. The van der Waals surface area contributed by atoms with Gasteiger partial charge < -0.3 is 20.1 Å². The molecule has 4 heterocycles. The van der Waals surface area contributed by atoms with Crippen LogP contribution in [-0.4, -0.2) is 56.4 Å². The highest BCUT2D eigenvalue weighted by atomic mass is 32.1. The van der Waals surface area contributed by atoms with Crippen LogP contribution >= 0.6 is 22.7 Å². The van der Waals surface area contributed by atoms with E-state index in [1.807, 2.05) is 0 Å². The fraction of sp³-hybridized carbons (Fsp3) is 0.385. The zero-order chi connectivity index (χ0) is 27.9. The molecule has 0 aliphatic heterocycles. The first-order valence-corrected chi connectivity index (χ1v) is 14.4. The number of anilines is 2. The zero-order valence-corrected chi connectivity index (χ0v) is 23.6. The molecule has 4 aromatic rings. The fourth-order valence-corrected chi connectivity index (χ4v) is 6.47. The zero-order valence-electron chi connectivity index (χ0n) is 22.0. The van der Waals surface area contributed by atoms with Crippen LogP contribution in [0.15, 0.2) is 36.7 Å². The SMILES string of the molecule is COc1cccnc1CC(=O)Nc1nnc(C2CCCC(c3nnc(NC(=O)Cc4ncccc4OC)s3)C2)s1. The van der Waals surface area contributed by atoms with E-state index in [0.717, 1.165) is 35.7 Å². The van der Waals surface area contributed by atoms with Crippen molar-refractivity contribution >= 4 is 44.8 Å². The van der Waals surface area contributed by atoms with Crippen molar-refractivity contribution in [3.8, 4) is 11.5 Å². The van der Waals surface area contributed by atoms with Gasteiger partial charge in [0, 0.05) is 24.2 Å². The van der Waals surface area contributed by atoms with Crippen molar-refractivity contribution in [3.05, 3.63) is 58.1 Å². The van der Waals surface area contributed by atoms with Gasteiger partial charge in [0.25, 0.3) is 0 Å². The minimum atomic E-state index is -0.230. The van der Waals surface area contributed by atoms with Gasteiger partial charge in [-0.15, -0.1) is 20.4 Å². The number of aromatic nitrogens is 6. The highest BCUT2D eigenvalue weighted by Crippen LogP contribution is 2.43. The lowest BCUT2D eigenvalue weighted by molar-refractivity contribution is -0.116. The molecule has 2 amide bonds. The average molecular weight is 581 g/mol. The molecule has 2 atom stereocenters. The predicted molar refractivity (Wildman–Crippen MR) is 150 cm³/mol. The van der Waals surface area contributed by atoms with Crippen molar-refractivity contribution in [1.29, 1.82) is 0 Å². The van der Waals surface area contributed by atoms with Crippen molar-refractivity contribution < 1.29 is 19.1 Å². The Labute approximate surface area is 238 Å². The fourth-order valence-electron chi connectivity index (χ4n) is 4.65. The first-order valence-electron chi connectivity index (χ1n) is 12.7. The molecule has 1 aliphatic carbocycles. The van der Waals surface area contributed by atoms with Crippen LogP contribution in [0.25, 0.3) is 0 Å². The molecule has 1 saturated carbocycles. The van der Waals surface area contributed by atoms with Crippen LogP contribution in [0.3, 0.4) is 0 Å². The van der Waals surface area contributed by atoms with Gasteiger partial charge in [0.2, 0.25) is 22.1 Å². The van der Waals surface area contributed by atoms with E-state index in [2.05, 4.69) is 41.0 Å². The smallest absolute Gasteiger partial charge is 0.232 e. The summed E-state index contributed by atoms with van der Waals surface area (Å²) < 4.78 is 10.5. The lowest BCUT2D eigenvalue weighted by Gasteiger charge is -2.25. The number of rotatable bonds is 10. The van der Waals surface area contributed by atoms with Crippen molar-refractivity contribution in [1.82, 2.24) is 30.4 Å². The van der Waals surface area contributed by atoms with Gasteiger partial charge in [0.15, 0.2) is 0 Å². The molecule has 5 rings (SSSR count). The molecule has 1 fully saturated rings. The first kappa shape index (κ1) is 27.5. The van der Waals surface area contributed by atoms with E-state index in [1.54, 1.807) is 50.9 Å². The Balaban J connectivity index is 1.16. The summed E-state index contributed by atoms with van der Waals surface area (Å²) in [5.41, 5.74) is 1.12. The first-order chi connectivity index (χ1) is 19.5. The van der Waals surface area contributed by atoms with Crippen molar-refractivity contribution in [3.63, 3.8) is 0 Å². The second-order valence-corrected chi connectivity index (χ2v) is 11.2. The Morgan fingerprint density at radius 3 is 1.73 bits per heavy atom. The maximum Gasteiger partial charge on any atom is 0.232 e. The minimum Gasteiger partial charge on any atom is -0.495 e. The van der Waals surface area contributed by atoms with Gasteiger partial charge in [-0.2, -0.15) is 0 Å². The van der Waals surface area contributed by atoms with Crippen molar-refractivity contribution in [2.45, 2.75) is 50.4 Å². The molecule has 0 radical (unpaired) electrons. The van der Waals surface area contributed by atoms with Gasteiger partial charge in [-0.25, -0.2) is 0 Å². The molecule has 0 bridgehead atoms. The molecule has 2 N–H and O–H groups in total. The minimum absolute atomic E-state index is 0.0791. The van der Waals surface area contributed by atoms with Gasteiger partial charge in [0.1, 0.15) is 21.5 Å². The number of nitrogens with zero attached hydrogens (tertiary/aromatic N) is 6. The number of pyridine rings is 2. The lowest BCUT2D eigenvalue weighted by atomic mass is 9.82. The molecular formula is C26H28N8O4S2. The molecule has 0 spiro atoms. The average Bonchev–Trinajstić information content (AvgIpc) is 3.63. The maximum absolute atomic E-state index is 12.6. The number of carbonyl (C=O) groups excluding carboxylic acids is 2. The van der Waals surface area contributed by atoms with Crippen LogP contribution in [0.4, 0.5) is 10.3 Å². The monoisotopic (exact) mass is 580 g/mol. The topological polar surface area (TPSA) is 154 Å². The predicted octanol–water partition coefficient (Wildman–Crippen LogP) is 4.00. The summed E-state index contributed by atoms with van der Waals surface area (Å²) >= 11 is 2.78. The largest absolute Gasteiger partial charge is 0.495 e. The van der Waals surface area contributed by atoms with E-state index in [0.29, 0.717) is 33.1 Å². The summed E-state index contributed by atoms with van der Waals surface area (Å²) in [5.74, 6) is 1.08. The normalized spacial score (nSPS) is 16.8. The molecule has 14 heteroatoms. The Hall–Kier alpha value is -4.04. The third kappa shape index (κ3) is 6.74. The molecule has 40 heavy (non-hydrogen) atoms. The maximum atomic E-state index is 12.6. The molecule has 4 aromatic heterocycles. The quantitative estimate of drug-likeness (QED) is 0.281. The van der Waals surface area contributed by atoms with Gasteiger partial charge >= 0.3 is 0 Å². The van der Waals surface area contributed by atoms with E-state index in [1.165, 1.54) is 22.7 Å². The molecule has 0 aromatic carbocycles. The van der Waals surface area contributed by atoms with Crippen molar-refractivity contribution in [2.24, 2.45) is 0 Å². The van der Waals surface area contributed by atoms with Gasteiger partial charge in [0.05, 0.1) is 38.4 Å². The lowest BCUT2D eigenvalue weighted by Crippen LogP contribution is -2.15. The third-order valence-electron chi connectivity index (χ3n) is 6.54. The highest BCUT2D eigenvalue weighted by molar-refractivity contribution is 7.15. The van der Waals surface area contributed by atoms with Gasteiger partial charge in [-0.1, -0.05) is 29.1 Å². The van der Waals surface area contributed by atoms with Crippen LogP contribution in [0.2, 0.25) is 0 Å². The van der Waals surface area contributed by atoms with Crippen molar-refractivity contribution in [2.75, 3.05) is 24.9 Å². The van der Waals surface area contributed by atoms with Crippen LogP contribution in [0, 0.1) is 0 Å². The summed E-state index contributed by atoms with van der Waals surface area (Å²) in [6.45, 7) is 0. The molecule has 208 valence electrons. The van der Waals surface area contributed by atoms with Crippen LogP contribution in [0.1, 0.15) is 58.9 Å². The summed E-state index contributed by atoms with van der Waals surface area (Å²) in [6, 6.07) is 7.06. The molecule has 2 unspecified atom stereocenters. The van der Waals surface area contributed by atoms with E-state index >= 15 is 0 Å². The van der Waals surface area contributed by atoms with E-state index in [-0.39, 0.29) is 36.5 Å². The molecule has 0 saturated heterocycles. The number of nitrogens with one attached hydrogen (secondary N) is 2. The van der Waals surface area contributed by atoms with E-state index in [9.17, 15) is 9.59 Å². The Morgan fingerprint density at radius 1 is 0.800 bits per heavy atom.